The first-order chi connectivity index (χ1) is 15.6. The van der Waals surface area contributed by atoms with E-state index in [9.17, 15) is 4.79 Å². The topological polar surface area (TPSA) is 62.8 Å². The van der Waals surface area contributed by atoms with Gasteiger partial charge in [0, 0.05) is 21.6 Å². The fraction of sp³-hybridized carbons (Fsp3) is 0.240. The van der Waals surface area contributed by atoms with Gasteiger partial charge in [0.05, 0.1) is 26.3 Å². The van der Waals surface area contributed by atoms with Crippen molar-refractivity contribution in [2.75, 3.05) is 19.1 Å². The number of anilines is 1. The van der Waals surface area contributed by atoms with E-state index in [1.807, 2.05) is 71.6 Å². The number of nitrogens with one attached hydrogen (secondary N) is 2. The first-order valence-electron chi connectivity index (χ1n) is 10.5. The van der Waals surface area contributed by atoms with Crippen molar-refractivity contribution in [2.24, 2.45) is 5.92 Å². The number of amides is 1. The lowest BCUT2D eigenvalue weighted by molar-refractivity contribution is -0.119. The fourth-order valence-corrected chi connectivity index (χ4v) is 5.14. The lowest BCUT2D eigenvalue weighted by Gasteiger charge is -2.32. The van der Waals surface area contributed by atoms with Crippen LogP contribution in [0.2, 0.25) is 0 Å². The number of methoxy groups -OCH3 is 2. The van der Waals surface area contributed by atoms with Crippen LogP contribution in [0.4, 0.5) is 5.69 Å². The highest BCUT2D eigenvalue weighted by Gasteiger charge is 2.56. The first kappa shape index (κ1) is 21.0. The summed E-state index contributed by atoms with van der Waals surface area (Å²) in [6, 6.07) is 23.2. The van der Waals surface area contributed by atoms with Gasteiger partial charge in [0.25, 0.3) is 0 Å². The highest BCUT2D eigenvalue weighted by Crippen LogP contribution is 2.50. The molecular weight excluding hydrogens is 470 g/mol. The molecule has 5 rings (SSSR count). The second-order valence-corrected chi connectivity index (χ2v) is 8.88. The third kappa shape index (κ3) is 3.46. The molecule has 2 saturated heterocycles. The molecular formula is C25H24BrN3O3. The Morgan fingerprint density at radius 2 is 1.53 bits per heavy atom. The molecule has 2 N–H and O–H groups in total. The minimum atomic E-state index is -0.360. The van der Waals surface area contributed by atoms with Gasteiger partial charge in [0.1, 0.15) is 17.5 Å². The number of benzene rings is 3. The Bertz CT molecular complexity index is 1120. The van der Waals surface area contributed by atoms with Crippen LogP contribution in [0.15, 0.2) is 77.3 Å². The Balaban J connectivity index is 1.63. The van der Waals surface area contributed by atoms with E-state index in [1.54, 1.807) is 14.2 Å². The number of ether oxygens (including phenoxy) is 2. The van der Waals surface area contributed by atoms with Crippen molar-refractivity contribution in [1.82, 2.24) is 10.9 Å². The molecule has 2 aliphatic rings. The van der Waals surface area contributed by atoms with Crippen LogP contribution >= 0.6 is 15.9 Å². The van der Waals surface area contributed by atoms with Crippen LogP contribution in [0.5, 0.6) is 11.5 Å². The summed E-state index contributed by atoms with van der Waals surface area (Å²) in [5, 5.41) is 0. The van der Waals surface area contributed by atoms with E-state index in [1.165, 1.54) is 0 Å². The van der Waals surface area contributed by atoms with E-state index in [0.29, 0.717) is 0 Å². The number of carbonyl (C=O) groups excluding carboxylic acids is 1. The number of fused-ring (bicyclic) bond motifs is 1. The van der Waals surface area contributed by atoms with Crippen molar-refractivity contribution in [2.45, 2.75) is 18.1 Å². The van der Waals surface area contributed by atoms with E-state index in [0.717, 1.165) is 32.8 Å². The van der Waals surface area contributed by atoms with Gasteiger partial charge in [-0.25, -0.2) is 10.9 Å². The van der Waals surface area contributed by atoms with Gasteiger partial charge < -0.3 is 14.4 Å². The zero-order valence-corrected chi connectivity index (χ0v) is 19.4. The van der Waals surface area contributed by atoms with Gasteiger partial charge in [-0.3, -0.25) is 4.79 Å². The number of carbonyl (C=O) groups is 1. The Kier molecular flexibility index (Phi) is 5.63. The van der Waals surface area contributed by atoms with Crippen LogP contribution in [-0.4, -0.2) is 26.2 Å². The van der Waals surface area contributed by atoms with Gasteiger partial charge in [-0.1, -0.05) is 46.3 Å². The maximum Gasteiger partial charge on any atom is 0.246 e. The molecule has 32 heavy (non-hydrogen) atoms. The van der Waals surface area contributed by atoms with Crippen molar-refractivity contribution in [3.8, 4) is 11.5 Å². The standard InChI is InChI=1S/C25H24BrN3O3/c1-31-18-13-7-15(8-14-18)22-21-23(28-27-22)25(30)29(17-11-9-16(26)10-12-17)24(21)19-5-3-4-6-20(19)32-2/h3-14,21-24,27-28H,1-2H3. The number of nitrogens with zero attached hydrogens (tertiary/aromatic N) is 1. The number of hydrogen-bond acceptors (Lipinski definition) is 5. The molecule has 0 aromatic heterocycles. The molecule has 1 amide bonds. The molecule has 4 atom stereocenters. The third-order valence-electron chi connectivity index (χ3n) is 6.35. The molecule has 3 aromatic carbocycles. The predicted molar refractivity (Wildman–Crippen MR) is 127 cm³/mol. The summed E-state index contributed by atoms with van der Waals surface area (Å²) in [4.78, 5) is 15.6. The summed E-state index contributed by atoms with van der Waals surface area (Å²) in [5.74, 6) is 1.57. The Hall–Kier alpha value is -2.87. The minimum Gasteiger partial charge on any atom is -0.497 e. The van der Waals surface area contributed by atoms with Crippen molar-refractivity contribution < 1.29 is 14.3 Å². The van der Waals surface area contributed by atoms with Crippen LogP contribution in [0.3, 0.4) is 0 Å². The highest BCUT2D eigenvalue weighted by molar-refractivity contribution is 9.10. The Morgan fingerprint density at radius 3 is 2.22 bits per heavy atom. The van der Waals surface area contributed by atoms with E-state index in [2.05, 4.69) is 32.8 Å². The zero-order chi connectivity index (χ0) is 22.2. The lowest BCUT2D eigenvalue weighted by atomic mass is 9.83. The molecule has 2 heterocycles. The molecule has 7 heteroatoms. The summed E-state index contributed by atoms with van der Waals surface area (Å²) in [5.41, 5.74) is 9.59. The van der Waals surface area contributed by atoms with Gasteiger partial charge in [-0.05, 0) is 48.0 Å². The molecule has 4 unspecified atom stereocenters. The zero-order valence-electron chi connectivity index (χ0n) is 17.8. The van der Waals surface area contributed by atoms with Gasteiger partial charge >= 0.3 is 0 Å². The number of rotatable bonds is 5. The van der Waals surface area contributed by atoms with Crippen LogP contribution in [0.1, 0.15) is 23.2 Å². The molecule has 0 aliphatic carbocycles. The van der Waals surface area contributed by atoms with Gasteiger partial charge in [-0.15, -0.1) is 0 Å². The first-order valence-corrected chi connectivity index (χ1v) is 11.3. The second-order valence-electron chi connectivity index (χ2n) is 7.97. The maximum atomic E-state index is 13.7. The monoisotopic (exact) mass is 493 g/mol. The van der Waals surface area contributed by atoms with Crippen LogP contribution in [-0.2, 0) is 4.79 Å². The average Bonchev–Trinajstić information content (AvgIpc) is 3.39. The van der Waals surface area contributed by atoms with Gasteiger partial charge in [0.15, 0.2) is 0 Å². The maximum absolute atomic E-state index is 13.7. The van der Waals surface area contributed by atoms with Gasteiger partial charge in [-0.2, -0.15) is 0 Å². The smallest absolute Gasteiger partial charge is 0.246 e. The van der Waals surface area contributed by atoms with E-state index in [-0.39, 0.29) is 30.0 Å². The number of hydrogen-bond donors (Lipinski definition) is 2. The molecule has 0 saturated carbocycles. The van der Waals surface area contributed by atoms with E-state index < -0.39 is 0 Å². The second kappa shape index (κ2) is 8.58. The van der Waals surface area contributed by atoms with E-state index in [4.69, 9.17) is 9.47 Å². The molecule has 3 aromatic rings. The molecule has 0 radical (unpaired) electrons. The fourth-order valence-electron chi connectivity index (χ4n) is 4.88. The molecule has 0 bridgehead atoms. The van der Waals surface area contributed by atoms with Crippen molar-refractivity contribution in [3.05, 3.63) is 88.4 Å². The lowest BCUT2D eigenvalue weighted by Crippen LogP contribution is -2.41. The summed E-state index contributed by atoms with van der Waals surface area (Å²) in [6.45, 7) is 0. The quantitative estimate of drug-likeness (QED) is 0.551. The Labute approximate surface area is 195 Å². The summed E-state index contributed by atoms with van der Waals surface area (Å²) < 4.78 is 12.0. The largest absolute Gasteiger partial charge is 0.497 e. The molecule has 164 valence electrons. The van der Waals surface area contributed by atoms with Crippen molar-refractivity contribution in [3.63, 3.8) is 0 Å². The summed E-state index contributed by atoms with van der Waals surface area (Å²) in [7, 11) is 3.33. The normalized spacial score (nSPS) is 24.5. The number of halogens is 1. The average molecular weight is 494 g/mol. The van der Waals surface area contributed by atoms with Crippen molar-refractivity contribution >= 4 is 27.5 Å². The third-order valence-corrected chi connectivity index (χ3v) is 6.88. The highest BCUT2D eigenvalue weighted by atomic mass is 79.9. The van der Waals surface area contributed by atoms with Gasteiger partial charge in [0.2, 0.25) is 5.91 Å². The van der Waals surface area contributed by atoms with Crippen molar-refractivity contribution in [1.29, 1.82) is 0 Å². The molecule has 0 spiro atoms. The predicted octanol–water partition coefficient (Wildman–Crippen LogP) is 4.39. The molecule has 2 fully saturated rings. The molecule has 2 aliphatic heterocycles. The molecule has 6 nitrogen and oxygen atoms in total. The van der Waals surface area contributed by atoms with Crippen LogP contribution in [0.25, 0.3) is 0 Å². The van der Waals surface area contributed by atoms with Crippen LogP contribution in [0, 0.1) is 5.92 Å². The SMILES string of the molecule is COc1ccc(C2NNC3C(=O)N(c4ccc(Br)cc4)C(c4ccccc4OC)C32)cc1. The Morgan fingerprint density at radius 1 is 0.844 bits per heavy atom. The van der Waals surface area contributed by atoms with Crippen LogP contribution < -0.4 is 25.2 Å². The summed E-state index contributed by atoms with van der Waals surface area (Å²) >= 11 is 3.50. The number of para-hydroxylation sites is 1. The number of hydrazine groups is 1. The summed E-state index contributed by atoms with van der Waals surface area (Å²) in [6.07, 6.45) is 0. The minimum absolute atomic E-state index is 0.0386. The van der Waals surface area contributed by atoms with E-state index >= 15 is 0 Å².